The lowest BCUT2D eigenvalue weighted by molar-refractivity contribution is -0.384. The van der Waals surface area contributed by atoms with Crippen LogP contribution in [0.2, 0.25) is 0 Å². The minimum absolute atomic E-state index is 0.00771. The smallest absolute Gasteiger partial charge is 0.292 e. The van der Waals surface area contributed by atoms with Crippen LogP contribution in [0.25, 0.3) is 5.69 Å². The lowest BCUT2D eigenvalue weighted by Crippen LogP contribution is -2.28. The Labute approximate surface area is 156 Å². The first kappa shape index (κ1) is 18.1. The van der Waals surface area contributed by atoms with Gasteiger partial charge in [0.25, 0.3) is 11.6 Å². The summed E-state index contributed by atoms with van der Waals surface area (Å²) in [5.74, 6) is -0.205. The number of aromatic nitrogens is 2. The van der Waals surface area contributed by atoms with E-state index in [0.29, 0.717) is 24.3 Å². The van der Waals surface area contributed by atoms with Crippen molar-refractivity contribution in [3.8, 4) is 5.69 Å². The molecular weight excluding hydrogens is 346 g/mol. The van der Waals surface area contributed by atoms with Crippen LogP contribution >= 0.6 is 0 Å². The van der Waals surface area contributed by atoms with E-state index in [1.807, 2.05) is 25.1 Å². The van der Waals surface area contributed by atoms with Crippen LogP contribution in [0.1, 0.15) is 16.1 Å². The summed E-state index contributed by atoms with van der Waals surface area (Å²) in [5.41, 5.74) is 2.86. The van der Waals surface area contributed by atoms with Crippen molar-refractivity contribution in [1.82, 2.24) is 15.1 Å². The van der Waals surface area contributed by atoms with Gasteiger partial charge in [-0.2, -0.15) is 5.10 Å². The maximum Gasteiger partial charge on any atom is 0.292 e. The summed E-state index contributed by atoms with van der Waals surface area (Å²) in [4.78, 5) is 22.8. The van der Waals surface area contributed by atoms with E-state index in [2.05, 4.69) is 15.7 Å². The lowest BCUT2D eigenvalue weighted by atomic mass is 10.2. The van der Waals surface area contributed by atoms with Crippen molar-refractivity contribution in [3.05, 3.63) is 82.2 Å². The molecule has 1 heterocycles. The van der Waals surface area contributed by atoms with Gasteiger partial charge in [-0.15, -0.1) is 0 Å². The maximum atomic E-state index is 12.2. The Bertz CT molecular complexity index is 950. The average molecular weight is 365 g/mol. The average Bonchev–Trinajstić information content (AvgIpc) is 3.11. The van der Waals surface area contributed by atoms with E-state index >= 15 is 0 Å². The second kappa shape index (κ2) is 8.13. The van der Waals surface area contributed by atoms with E-state index in [1.54, 1.807) is 41.2 Å². The number of hydrogen-bond acceptors (Lipinski definition) is 5. The number of anilines is 1. The molecule has 8 nitrogen and oxygen atoms in total. The minimum atomic E-state index is -0.441. The highest BCUT2D eigenvalue weighted by atomic mass is 16.6. The highest BCUT2D eigenvalue weighted by molar-refractivity contribution is 5.94. The van der Waals surface area contributed by atoms with E-state index in [9.17, 15) is 14.9 Å². The molecule has 0 fully saturated rings. The Morgan fingerprint density at radius 1 is 1.11 bits per heavy atom. The van der Waals surface area contributed by atoms with E-state index in [4.69, 9.17) is 0 Å². The van der Waals surface area contributed by atoms with Crippen molar-refractivity contribution in [2.75, 3.05) is 18.4 Å². The Hall–Kier alpha value is -3.68. The summed E-state index contributed by atoms with van der Waals surface area (Å²) < 4.78 is 1.79. The van der Waals surface area contributed by atoms with Gasteiger partial charge in [0.15, 0.2) is 0 Å². The normalized spacial score (nSPS) is 10.4. The van der Waals surface area contributed by atoms with Crippen LogP contribution in [0.3, 0.4) is 0 Å². The number of nitro groups is 1. The van der Waals surface area contributed by atoms with Gasteiger partial charge in [-0.05, 0) is 43.3 Å². The van der Waals surface area contributed by atoms with Crippen LogP contribution in [0, 0.1) is 17.0 Å². The first-order chi connectivity index (χ1) is 13.1. The molecule has 1 aromatic heterocycles. The Kier molecular flexibility index (Phi) is 5.46. The topological polar surface area (TPSA) is 102 Å². The number of nitrogens with one attached hydrogen (secondary N) is 2. The van der Waals surface area contributed by atoms with Crippen molar-refractivity contribution >= 4 is 17.3 Å². The molecule has 3 rings (SSSR count). The van der Waals surface area contributed by atoms with Gasteiger partial charge >= 0.3 is 0 Å². The number of aryl methyl sites for hydroxylation is 1. The predicted molar refractivity (Wildman–Crippen MR) is 102 cm³/mol. The van der Waals surface area contributed by atoms with Crippen LogP contribution in [0.5, 0.6) is 0 Å². The van der Waals surface area contributed by atoms with Crippen molar-refractivity contribution in [2.45, 2.75) is 6.92 Å². The molecule has 3 aromatic rings. The first-order valence-corrected chi connectivity index (χ1v) is 8.43. The van der Waals surface area contributed by atoms with Crippen LogP contribution in [-0.2, 0) is 0 Å². The van der Waals surface area contributed by atoms with E-state index in [0.717, 1.165) is 11.4 Å². The number of amides is 1. The van der Waals surface area contributed by atoms with Gasteiger partial charge in [-0.25, -0.2) is 4.68 Å². The van der Waals surface area contributed by atoms with E-state index in [1.165, 1.54) is 6.07 Å². The quantitative estimate of drug-likeness (QED) is 0.381. The monoisotopic (exact) mass is 365 g/mol. The Morgan fingerprint density at radius 3 is 2.52 bits per heavy atom. The molecule has 138 valence electrons. The lowest BCUT2D eigenvalue weighted by Gasteiger charge is -2.09. The fourth-order valence-corrected chi connectivity index (χ4v) is 2.65. The molecule has 0 atom stereocenters. The fourth-order valence-electron chi connectivity index (χ4n) is 2.65. The molecule has 0 aliphatic rings. The number of nitro benzene ring substituents is 1. The van der Waals surface area contributed by atoms with Gasteiger partial charge < -0.3 is 10.6 Å². The fraction of sp³-hybridized carbons (Fsp3) is 0.158. The Morgan fingerprint density at radius 2 is 1.85 bits per heavy atom. The summed E-state index contributed by atoms with van der Waals surface area (Å²) >= 11 is 0. The molecule has 0 aliphatic carbocycles. The molecule has 0 bridgehead atoms. The Balaban J connectivity index is 1.53. The van der Waals surface area contributed by atoms with Gasteiger partial charge in [0.2, 0.25) is 0 Å². The molecule has 0 saturated carbocycles. The molecule has 27 heavy (non-hydrogen) atoms. The molecule has 0 spiro atoms. The van der Waals surface area contributed by atoms with Crippen LogP contribution in [-0.4, -0.2) is 33.7 Å². The van der Waals surface area contributed by atoms with Crippen molar-refractivity contribution in [1.29, 1.82) is 0 Å². The third-order valence-corrected chi connectivity index (χ3v) is 4.03. The molecule has 0 radical (unpaired) electrons. The van der Waals surface area contributed by atoms with Gasteiger partial charge in [0.1, 0.15) is 5.69 Å². The number of carbonyl (C=O) groups excluding carboxylic acids is 1. The summed E-state index contributed by atoms with van der Waals surface area (Å²) in [7, 11) is 0. The van der Waals surface area contributed by atoms with Gasteiger partial charge in [0, 0.05) is 36.6 Å². The molecule has 0 aliphatic heterocycles. The second-order valence-electron chi connectivity index (χ2n) is 5.89. The second-order valence-corrected chi connectivity index (χ2v) is 5.89. The highest BCUT2D eigenvalue weighted by Gasteiger charge is 2.11. The standard InChI is InChI=1S/C19H19N5O3/c1-14-10-11-22-23(14)16-8-6-15(7-9-16)19(25)21-13-12-20-17-4-2-3-5-18(17)24(26)27/h2-11,20H,12-13H2,1H3,(H,21,25). The third kappa shape index (κ3) is 4.30. The van der Waals surface area contributed by atoms with Crippen LogP contribution in [0.4, 0.5) is 11.4 Å². The molecule has 2 N–H and O–H groups in total. The minimum Gasteiger partial charge on any atom is -0.378 e. The molecule has 8 heteroatoms. The molecule has 2 aromatic carbocycles. The van der Waals surface area contributed by atoms with Gasteiger partial charge in [0.05, 0.1) is 10.6 Å². The van der Waals surface area contributed by atoms with Crippen molar-refractivity contribution < 1.29 is 9.72 Å². The third-order valence-electron chi connectivity index (χ3n) is 4.03. The maximum absolute atomic E-state index is 12.2. The zero-order valence-electron chi connectivity index (χ0n) is 14.8. The number of nitrogens with zero attached hydrogens (tertiary/aromatic N) is 3. The van der Waals surface area contributed by atoms with Gasteiger partial charge in [-0.3, -0.25) is 14.9 Å². The summed E-state index contributed by atoms with van der Waals surface area (Å²) in [6.07, 6.45) is 1.72. The summed E-state index contributed by atoms with van der Waals surface area (Å²) in [6, 6.07) is 15.4. The zero-order chi connectivity index (χ0) is 19.2. The van der Waals surface area contributed by atoms with Gasteiger partial charge in [-0.1, -0.05) is 12.1 Å². The summed E-state index contributed by atoms with van der Waals surface area (Å²) in [6.45, 7) is 2.67. The van der Waals surface area contributed by atoms with Crippen molar-refractivity contribution in [3.63, 3.8) is 0 Å². The van der Waals surface area contributed by atoms with E-state index in [-0.39, 0.29) is 11.6 Å². The number of rotatable bonds is 7. The number of carbonyl (C=O) groups is 1. The SMILES string of the molecule is Cc1ccnn1-c1ccc(C(=O)NCCNc2ccccc2[N+](=O)[O-])cc1. The van der Waals surface area contributed by atoms with Crippen molar-refractivity contribution in [2.24, 2.45) is 0 Å². The zero-order valence-corrected chi connectivity index (χ0v) is 14.8. The first-order valence-electron chi connectivity index (χ1n) is 8.43. The van der Waals surface area contributed by atoms with Crippen LogP contribution < -0.4 is 10.6 Å². The molecular formula is C19H19N5O3. The number of para-hydroxylation sites is 2. The number of hydrogen-bond donors (Lipinski definition) is 2. The summed E-state index contributed by atoms with van der Waals surface area (Å²) in [5, 5.41) is 21.0. The highest BCUT2D eigenvalue weighted by Crippen LogP contribution is 2.22. The predicted octanol–water partition coefficient (Wildman–Crippen LogP) is 2.93. The largest absolute Gasteiger partial charge is 0.378 e. The van der Waals surface area contributed by atoms with E-state index < -0.39 is 4.92 Å². The molecule has 1 amide bonds. The molecule has 0 unspecified atom stereocenters. The number of benzene rings is 2. The molecule has 0 saturated heterocycles. The van der Waals surface area contributed by atoms with Crippen LogP contribution in [0.15, 0.2) is 60.8 Å².